The number of halogens is 1. The molecule has 0 aliphatic heterocycles. The zero-order valence-electron chi connectivity index (χ0n) is 17.6. The van der Waals surface area contributed by atoms with Crippen molar-refractivity contribution in [3.8, 4) is 0 Å². The number of fused-ring (bicyclic) bond motifs is 1. The number of amides is 1. The van der Waals surface area contributed by atoms with Crippen molar-refractivity contribution in [2.75, 3.05) is 11.1 Å². The normalized spacial score (nSPS) is 11.5. The maximum atomic E-state index is 13.4. The Morgan fingerprint density at radius 3 is 2.53 bits per heavy atom. The SMILES string of the molecule is Cc1ccc(S(=O)(=O)n2c(SCC(=O)Nc3ccc([N+](=O)[O-])cc3Cl)nc3ccccc32)cc1. The molecule has 0 fully saturated rings. The maximum absolute atomic E-state index is 13.4. The number of aromatic nitrogens is 2. The van der Waals surface area contributed by atoms with Crippen molar-refractivity contribution in [3.05, 3.63) is 87.4 Å². The third-order valence-electron chi connectivity index (χ3n) is 4.82. The first kappa shape index (κ1) is 23.7. The van der Waals surface area contributed by atoms with E-state index in [0.717, 1.165) is 27.4 Å². The summed E-state index contributed by atoms with van der Waals surface area (Å²) >= 11 is 6.98. The van der Waals surface area contributed by atoms with Crippen LogP contribution in [0.15, 0.2) is 76.8 Å². The number of hydrogen-bond acceptors (Lipinski definition) is 7. The highest BCUT2D eigenvalue weighted by Crippen LogP contribution is 2.30. The Morgan fingerprint density at radius 1 is 1.15 bits per heavy atom. The van der Waals surface area contributed by atoms with Crippen LogP contribution in [0.1, 0.15) is 5.56 Å². The van der Waals surface area contributed by atoms with Crippen LogP contribution < -0.4 is 5.32 Å². The van der Waals surface area contributed by atoms with Crippen molar-refractivity contribution in [3.63, 3.8) is 0 Å². The van der Waals surface area contributed by atoms with Gasteiger partial charge < -0.3 is 5.32 Å². The summed E-state index contributed by atoms with van der Waals surface area (Å²) in [7, 11) is -3.98. The Kier molecular flexibility index (Phi) is 6.60. The Labute approximate surface area is 204 Å². The van der Waals surface area contributed by atoms with E-state index in [0.29, 0.717) is 11.0 Å². The largest absolute Gasteiger partial charge is 0.324 e. The highest BCUT2D eigenvalue weighted by molar-refractivity contribution is 8.00. The van der Waals surface area contributed by atoms with Crippen molar-refractivity contribution in [1.29, 1.82) is 0 Å². The Bertz CT molecular complexity index is 1520. The van der Waals surface area contributed by atoms with Gasteiger partial charge in [0, 0.05) is 12.1 Å². The molecule has 1 amide bonds. The number of aryl methyl sites for hydroxylation is 1. The third-order valence-corrected chi connectivity index (χ3v) is 7.90. The Morgan fingerprint density at radius 2 is 1.85 bits per heavy atom. The van der Waals surface area contributed by atoms with Crippen molar-refractivity contribution >= 4 is 61.7 Å². The third kappa shape index (κ3) is 4.76. The first-order chi connectivity index (χ1) is 16.2. The van der Waals surface area contributed by atoms with Crippen molar-refractivity contribution in [1.82, 2.24) is 8.96 Å². The van der Waals surface area contributed by atoms with E-state index in [1.165, 1.54) is 24.3 Å². The van der Waals surface area contributed by atoms with Gasteiger partial charge in [-0.1, -0.05) is 53.2 Å². The zero-order chi connectivity index (χ0) is 24.5. The summed E-state index contributed by atoms with van der Waals surface area (Å²) in [4.78, 5) is 27.3. The number of carbonyl (C=O) groups excluding carboxylic acids is 1. The number of benzene rings is 3. The van der Waals surface area contributed by atoms with Gasteiger partial charge in [0.15, 0.2) is 5.16 Å². The van der Waals surface area contributed by atoms with E-state index in [-0.39, 0.29) is 32.2 Å². The van der Waals surface area contributed by atoms with Crippen LogP contribution in [0.5, 0.6) is 0 Å². The number of thioether (sulfide) groups is 1. The summed E-state index contributed by atoms with van der Waals surface area (Å²) < 4.78 is 28.0. The molecule has 0 atom stereocenters. The molecule has 4 rings (SSSR count). The molecule has 0 radical (unpaired) electrons. The predicted octanol–water partition coefficient (Wildman–Crippen LogP) is 4.87. The molecular formula is C22H17ClN4O5S2. The monoisotopic (exact) mass is 516 g/mol. The maximum Gasteiger partial charge on any atom is 0.271 e. The van der Waals surface area contributed by atoms with Gasteiger partial charge in [0.2, 0.25) is 5.91 Å². The zero-order valence-corrected chi connectivity index (χ0v) is 20.0. The Balaban J connectivity index is 1.61. The first-order valence-corrected chi connectivity index (χ1v) is 12.6. The average Bonchev–Trinajstić information content (AvgIpc) is 3.18. The lowest BCUT2D eigenvalue weighted by molar-refractivity contribution is -0.384. The second kappa shape index (κ2) is 9.45. The van der Waals surface area contributed by atoms with Crippen LogP contribution in [0.3, 0.4) is 0 Å². The second-order valence-corrected chi connectivity index (χ2v) is 10.4. The number of anilines is 1. The molecule has 34 heavy (non-hydrogen) atoms. The van der Waals surface area contributed by atoms with Crippen LogP contribution in [-0.2, 0) is 14.8 Å². The summed E-state index contributed by atoms with van der Waals surface area (Å²) in [5.41, 5.74) is 1.79. The molecule has 4 aromatic rings. The molecule has 0 unspecified atom stereocenters. The minimum absolute atomic E-state index is 0.0155. The summed E-state index contributed by atoms with van der Waals surface area (Å²) in [6, 6.07) is 17.0. The number of carbonyl (C=O) groups is 1. The van der Waals surface area contributed by atoms with Crippen LogP contribution in [0, 0.1) is 17.0 Å². The van der Waals surface area contributed by atoms with Gasteiger partial charge >= 0.3 is 0 Å². The molecule has 9 nitrogen and oxygen atoms in total. The first-order valence-electron chi connectivity index (χ1n) is 9.83. The molecule has 0 aliphatic carbocycles. The van der Waals surface area contributed by atoms with Crippen LogP contribution in [0.2, 0.25) is 5.02 Å². The molecule has 3 aromatic carbocycles. The fourth-order valence-corrected chi connectivity index (χ4v) is 5.89. The highest BCUT2D eigenvalue weighted by atomic mass is 35.5. The quantitative estimate of drug-likeness (QED) is 0.211. The molecular weight excluding hydrogens is 500 g/mol. The van der Waals surface area contributed by atoms with E-state index in [2.05, 4.69) is 10.3 Å². The number of nitrogens with one attached hydrogen (secondary N) is 1. The summed E-state index contributed by atoms with van der Waals surface area (Å²) in [6.07, 6.45) is 0. The molecule has 0 spiro atoms. The van der Waals surface area contributed by atoms with Gasteiger partial charge in [-0.3, -0.25) is 14.9 Å². The summed E-state index contributed by atoms with van der Waals surface area (Å²) in [5.74, 6) is -0.646. The minimum Gasteiger partial charge on any atom is -0.324 e. The molecule has 0 saturated carbocycles. The van der Waals surface area contributed by atoms with E-state index < -0.39 is 20.9 Å². The van der Waals surface area contributed by atoms with E-state index in [9.17, 15) is 23.3 Å². The standard InChI is InChI=1S/C22H17ClN4O5S2/c1-14-6-9-16(10-7-14)34(31,32)26-20-5-3-2-4-19(20)25-22(26)33-13-21(28)24-18-11-8-15(27(29)30)12-17(18)23/h2-12H,13H2,1H3,(H,24,28). The molecule has 1 aromatic heterocycles. The van der Waals surface area contributed by atoms with E-state index in [1.807, 2.05) is 6.92 Å². The number of nitro benzene ring substituents is 1. The van der Waals surface area contributed by atoms with E-state index >= 15 is 0 Å². The topological polar surface area (TPSA) is 124 Å². The van der Waals surface area contributed by atoms with E-state index in [4.69, 9.17) is 11.6 Å². The number of imidazole rings is 1. The smallest absolute Gasteiger partial charge is 0.271 e. The number of rotatable bonds is 7. The highest BCUT2D eigenvalue weighted by Gasteiger charge is 2.25. The molecule has 0 aliphatic rings. The lowest BCUT2D eigenvalue weighted by atomic mass is 10.2. The van der Waals surface area contributed by atoms with Crippen LogP contribution in [-0.4, -0.2) is 34.0 Å². The number of nitrogens with zero attached hydrogens (tertiary/aromatic N) is 3. The lowest BCUT2D eigenvalue weighted by Crippen LogP contribution is -2.17. The minimum atomic E-state index is -3.98. The van der Waals surface area contributed by atoms with Crippen LogP contribution >= 0.6 is 23.4 Å². The summed E-state index contributed by atoms with van der Waals surface area (Å²) in [5, 5.41) is 13.6. The van der Waals surface area contributed by atoms with Gasteiger partial charge in [-0.15, -0.1) is 0 Å². The van der Waals surface area contributed by atoms with Crippen molar-refractivity contribution < 1.29 is 18.1 Å². The van der Waals surface area contributed by atoms with Crippen LogP contribution in [0.25, 0.3) is 11.0 Å². The molecule has 1 N–H and O–H groups in total. The Hall–Kier alpha value is -3.41. The molecule has 0 saturated heterocycles. The predicted molar refractivity (Wildman–Crippen MR) is 131 cm³/mol. The van der Waals surface area contributed by atoms with Gasteiger partial charge in [0.1, 0.15) is 0 Å². The van der Waals surface area contributed by atoms with Crippen molar-refractivity contribution in [2.24, 2.45) is 0 Å². The van der Waals surface area contributed by atoms with Gasteiger partial charge in [-0.25, -0.2) is 17.4 Å². The number of non-ortho nitro benzene ring substituents is 1. The molecule has 1 heterocycles. The molecule has 174 valence electrons. The fourth-order valence-electron chi connectivity index (χ4n) is 3.16. The van der Waals surface area contributed by atoms with Gasteiger partial charge in [-0.2, -0.15) is 0 Å². The summed E-state index contributed by atoms with van der Waals surface area (Å²) in [6.45, 7) is 1.86. The van der Waals surface area contributed by atoms with Crippen molar-refractivity contribution in [2.45, 2.75) is 17.0 Å². The van der Waals surface area contributed by atoms with Crippen LogP contribution in [0.4, 0.5) is 11.4 Å². The fraction of sp³-hybridized carbons (Fsp3) is 0.0909. The number of nitro groups is 1. The average molecular weight is 517 g/mol. The number of para-hydroxylation sites is 2. The molecule has 12 heteroatoms. The van der Waals surface area contributed by atoms with E-state index in [1.54, 1.807) is 36.4 Å². The van der Waals surface area contributed by atoms with Gasteiger partial charge in [-0.05, 0) is 37.3 Å². The number of hydrogen-bond donors (Lipinski definition) is 1. The van der Waals surface area contributed by atoms with Gasteiger partial charge in [0.05, 0.1) is 37.3 Å². The van der Waals surface area contributed by atoms with Gasteiger partial charge in [0.25, 0.3) is 15.7 Å². The second-order valence-electron chi connectivity index (χ2n) is 7.22. The lowest BCUT2D eigenvalue weighted by Gasteiger charge is -2.11. The molecule has 0 bridgehead atoms.